The highest BCUT2D eigenvalue weighted by Gasteiger charge is 2.20. The molecule has 1 amide bonds. The molecule has 7 heteroatoms. The van der Waals surface area contributed by atoms with Crippen molar-refractivity contribution in [3.8, 4) is 11.6 Å². The topological polar surface area (TPSA) is 69.0 Å². The summed E-state index contributed by atoms with van der Waals surface area (Å²) in [5.74, 6) is 0.154. The number of carbonyl (C=O) groups is 1. The molecule has 4 aromatic rings. The van der Waals surface area contributed by atoms with Crippen molar-refractivity contribution in [3.63, 3.8) is 0 Å². The van der Waals surface area contributed by atoms with Gasteiger partial charge in [0.2, 0.25) is 11.8 Å². The molecule has 1 N–H and O–H groups in total. The van der Waals surface area contributed by atoms with Crippen LogP contribution in [0.5, 0.6) is 5.88 Å². The van der Waals surface area contributed by atoms with Gasteiger partial charge in [0, 0.05) is 23.9 Å². The number of carbonyl (C=O) groups excluding carboxylic acids is 1. The standard InChI is InChI=1S/C26H27FN4O2/c1-4-33-26-22(14-15-23(32)28-16-19-10-12-20(27)13-11-19)17(2)24-18(3)30-31(25(24)29-26)21-8-6-5-7-9-21/h5-13H,4,14-16H2,1-3H3,(H,28,32). The van der Waals surface area contributed by atoms with Crippen molar-refractivity contribution in [2.24, 2.45) is 0 Å². The predicted molar refractivity (Wildman–Crippen MR) is 126 cm³/mol. The number of aromatic nitrogens is 3. The maximum atomic E-state index is 13.1. The number of benzene rings is 2. The van der Waals surface area contributed by atoms with Crippen LogP contribution in [0.2, 0.25) is 0 Å². The molecule has 0 radical (unpaired) electrons. The minimum atomic E-state index is -0.294. The maximum Gasteiger partial charge on any atom is 0.220 e. The number of nitrogens with zero attached hydrogens (tertiary/aromatic N) is 3. The number of pyridine rings is 1. The molecule has 0 unspecified atom stereocenters. The molecule has 0 bridgehead atoms. The summed E-state index contributed by atoms with van der Waals surface area (Å²) >= 11 is 0. The van der Waals surface area contributed by atoms with E-state index in [1.165, 1.54) is 12.1 Å². The third-order valence-electron chi connectivity index (χ3n) is 5.62. The summed E-state index contributed by atoms with van der Waals surface area (Å²) in [5, 5.41) is 8.59. The number of aryl methyl sites for hydroxylation is 2. The van der Waals surface area contributed by atoms with Gasteiger partial charge in [-0.1, -0.05) is 30.3 Å². The summed E-state index contributed by atoms with van der Waals surface area (Å²) in [7, 11) is 0. The van der Waals surface area contributed by atoms with E-state index in [1.807, 2.05) is 55.8 Å². The van der Waals surface area contributed by atoms with Gasteiger partial charge in [-0.05, 0) is 62.6 Å². The molecule has 2 aromatic heterocycles. The van der Waals surface area contributed by atoms with Crippen LogP contribution >= 0.6 is 0 Å². The third-order valence-corrected chi connectivity index (χ3v) is 5.62. The number of halogens is 1. The van der Waals surface area contributed by atoms with Gasteiger partial charge >= 0.3 is 0 Å². The molecule has 33 heavy (non-hydrogen) atoms. The average Bonchev–Trinajstić information content (AvgIpc) is 3.15. The summed E-state index contributed by atoms with van der Waals surface area (Å²) in [6, 6.07) is 16.0. The van der Waals surface area contributed by atoms with Gasteiger partial charge in [-0.25, -0.2) is 9.07 Å². The van der Waals surface area contributed by atoms with Crippen LogP contribution in [0, 0.1) is 19.7 Å². The molecule has 0 saturated carbocycles. The van der Waals surface area contributed by atoms with E-state index in [2.05, 4.69) is 5.32 Å². The van der Waals surface area contributed by atoms with Gasteiger partial charge in [0.15, 0.2) is 5.65 Å². The molecule has 6 nitrogen and oxygen atoms in total. The van der Waals surface area contributed by atoms with Crippen molar-refractivity contribution in [3.05, 3.63) is 82.8 Å². The molecule has 2 heterocycles. The zero-order valence-electron chi connectivity index (χ0n) is 19.1. The Bertz CT molecular complexity index is 1270. The van der Waals surface area contributed by atoms with E-state index >= 15 is 0 Å². The van der Waals surface area contributed by atoms with Crippen LogP contribution in [-0.4, -0.2) is 27.3 Å². The number of nitrogens with one attached hydrogen (secondary N) is 1. The Morgan fingerprint density at radius 3 is 2.52 bits per heavy atom. The van der Waals surface area contributed by atoms with E-state index in [1.54, 1.807) is 12.1 Å². The number of para-hydroxylation sites is 1. The monoisotopic (exact) mass is 446 g/mol. The van der Waals surface area contributed by atoms with Crippen LogP contribution in [-0.2, 0) is 17.8 Å². The molecule has 0 spiro atoms. The Hall–Kier alpha value is -3.74. The second-order valence-electron chi connectivity index (χ2n) is 7.89. The third kappa shape index (κ3) is 4.87. The van der Waals surface area contributed by atoms with Crippen LogP contribution in [0.15, 0.2) is 54.6 Å². The Balaban J connectivity index is 1.58. The number of rotatable bonds is 8. The molecule has 0 aliphatic carbocycles. The lowest BCUT2D eigenvalue weighted by Gasteiger charge is -2.14. The Morgan fingerprint density at radius 1 is 1.09 bits per heavy atom. The number of hydrogen-bond donors (Lipinski definition) is 1. The second-order valence-corrected chi connectivity index (χ2v) is 7.89. The predicted octanol–water partition coefficient (Wildman–Crippen LogP) is 4.82. The van der Waals surface area contributed by atoms with E-state index in [-0.39, 0.29) is 11.7 Å². The fourth-order valence-corrected chi connectivity index (χ4v) is 3.96. The minimum absolute atomic E-state index is 0.0852. The van der Waals surface area contributed by atoms with Crippen molar-refractivity contribution in [1.82, 2.24) is 20.1 Å². The number of ether oxygens (including phenoxy) is 1. The van der Waals surface area contributed by atoms with Crippen LogP contribution in [0.4, 0.5) is 4.39 Å². The molecule has 0 atom stereocenters. The van der Waals surface area contributed by atoms with Crippen molar-refractivity contribution in [2.75, 3.05) is 6.61 Å². The first-order valence-corrected chi connectivity index (χ1v) is 11.1. The largest absolute Gasteiger partial charge is 0.478 e. The van der Waals surface area contributed by atoms with Crippen LogP contribution in [0.3, 0.4) is 0 Å². The molecule has 0 aliphatic heterocycles. The molecule has 0 aliphatic rings. The van der Waals surface area contributed by atoms with Crippen LogP contribution in [0.25, 0.3) is 16.7 Å². The SMILES string of the molecule is CCOc1nc2c(c(C)nn2-c2ccccc2)c(C)c1CCC(=O)NCc1ccc(F)cc1. The lowest BCUT2D eigenvalue weighted by atomic mass is 10.0. The first-order chi connectivity index (χ1) is 16.0. The molecular formula is C26H27FN4O2. The van der Waals surface area contributed by atoms with Gasteiger partial charge < -0.3 is 10.1 Å². The van der Waals surface area contributed by atoms with E-state index in [9.17, 15) is 9.18 Å². The van der Waals surface area contributed by atoms with E-state index in [4.69, 9.17) is 14.8 Å². The first kappa shape index (κ1) is 22.5. The number of hydrogen-bond acceptors (Lipinski definition) is 4. The van der Waals surface area contributed by atoms with Gasteiger partial charge in [-0.2, -0.15) is 10.1 Å². The zero-order valence-corrected chi connectivity index (χ0v) is 19.1. The van der Waals surface area contributed by atoms with Gasteiger partial charge in [0.05, 0.1) is 18.0 Å². The van der Waals surface area contributed by atoms with Crippen LogP contribution < -0.4 is 10.1 Å². The Labute approximate surface area is 192 Å². The average molecular weight is 447 g/mol. The summed E-state index contributed by atoms with van der Waals surface area (Å²) in [5.41, 5.74) is 5.33. The normalized spacial score (nSPS) is 11.0. The lowest BCUT2D eigenvalue weighted by molar-refractivity contribution is -0.121. The molecule has 0 fully saturated rings. The fourth-order valence-electron chi connectivity index (χ4n) is 3.96. The summed E-state index contributed by atoms with van der Waals surface area (Å²) in [6.45, 7) is 6.75. The number of amides is 1. The lowest BCUT2D eigenvalue weighted by Crippen LogP contribution is -2.23. The number of fused-ring (bicyclic) bond motifs is 1. The van der Waals surface area contributed by atoms with Gasteiger partial charge in [-0.3, -0.25) is 4.79 Å². The van der Waals surface area contributed by atoms with Gasteiger partial charge in [0.25, 0.3) is 0 Å². The van der Waals surface area contributed by atoms with Crippen LogP contribution in [0.1, 0.15) is 35.7 Å². The van der Waals surface area contributed by atoms with Crippen molar-refractivity contribution < 1.29 is 13.9 Å². The molecular weight excluding hydrogens is 419 g/mol. The highest BCUT2D eigenvalue weighted by atomic mass is 19.1. The Kier molecular flexibility index (Phi) is 6.68. The van der Waals surface area contributed by atoms with Crippen molar-refractivity contribution >= 4 is 16.9 Å². The van der Waals surface area contributed by atoms with E-state index in [0.29, 0.717) is 31.9 Å². The van der Waals surface area contributed by atoms with Gasteiger partial charge in [-0.15, -0.1) is 0 Å². The smallest absolute Gasteiger partial charge is 0.220 e. The molecule has 2 aromatic carbocycles. The highest BCUT2D eigenvalue weighted by molar-refractivity contribution is 5.86. The first-order valence-electron chi connectivity index (χ1n) is 11.1. The Morgan fingerprint density at radius 2 is 1.82 bits per heavy atom. The van der Waals surface area contributed by atoms with Gasteiger partial charge in [0.1, 0.15) is 5.82 Å². The maximum absolute atomic E-state index is 13.1. The van der Waals surface area contributed by atoms with Crippen molar-refractivity contribution in [1.29, 1.82) is 0 Å². The zero-order chi connectivity index (χ0) is 23.4. The summed E-state index contributed by atoms with van der Waals surface area (Å²) < 4.78 is 20.8. The summed E-state index contributed by atoms with van der Waals surface area (Å²) in [4.78, 5) is 17.3. The summed E-state index contributed by atoms with van der Waals surface area (Å²) in [6.07, 6.45) is 0.788. The molecule has 170 valence electrons. The van der Waals surface area contributed by atoms with Crippen molar-refractivity contribution in [2.45, 2.75) is 40.2 Å². The molecule has 4 rings (SSSR count). The molecule has 0 saturated heterocycles. The second kappa shape index (κ2) is 9.81. The van der Waals surface area contributed by atoms with E-state index < -0.39 is 0 Å². The highest BCUT2D eigenvalue weighted by Crippen LogP contribution is 2.32. The quantitative estimate of drug-likeness (QED) is 0.421. The van der Waals surface area contributed by atoms with E-state index in [0.717, 1.165) is 39.1 Å². The minimum Gasteiger partial charge on any atom is -0.478 e. The fraction of sp³-hybridized carbons (Fsp3) is 0.269.